The van der Waals surface area contributed by atoms with Crippen LogP contribution in [-0.4, -0.2) is 34.3 Å². The van der Waals surface area contributed by atoms with Gasteiger partial charge in [-0.05, 0) is 109 Å². The maximum Gasteiger partial charge on any atom is 0.416 e. The Morgan fingerprint density at radius 1 is 0.911 bits per heavy atom. The Morgan fingerprint density at radius 3 is 2.07 bits per heavy atom. The number of rotatable bonds is 10. The first-order valence-electron chi connectivity index (χ1n) is 15.2. The van der Waals surface area contributed by atoms with E-state index in [9.17, 15) is 36.2 Å². The fraction of sp³-hybridized carbons (Fsp3) is 0.531. The number of aromatic nitrogens is 2. The summed E-state index contributed by atoms with van der Waals surface area (Å²) >= 11 is 0. The van der Waals surface area contributed by atoms with E-state index >= 15 is 0 Å². The third kappa shape index (κ3) is 7.73. The van der Waals surface area contributed by atoms with Gasteiger partial charge in [-0.25, -0.2) is 0 Å². The number of aryl methyl sites for hydroxylation is 3. The molecule has 7 nitrogen and oxygen atoms in total. The summed E-state index contributed by atoms with van der Waals surface area (Å²) in [6.07, 6.45) is -4.34. The van der Waals surface area contributed by atoms with Crippen molar-refractivity contribution in [2.45, 2.75) is 84.2 Å². The van der Waals surface area contributed by atoms with E-state index in [1.54, 1.807) is 6.92 Å². The number of carboxylic acid groups (broad SMARTS) is 1. The van der Waals surface area contributed by atoms with Crippen LogP contribution in [0.3, 0.4) is 0 Å². The van der Waals surface area contributed by atoms with E-state index in [1.165, 1.54) is 10.5 Å². The predicted octanol–water partition coefficient (Wildman–Crippen LogP) is 7.83. The molecular formula is C32H36F6N4O3. The van der Waals surface area contributed by atoms with Gasteiger partial charge in [0, 0.05) is 38.8 Å². The molecule has 0 saturated heterocycles. The molecule has 0 aliphatic heterocycles. The molecule has 0 atom stereocenters. The van der Waals surface area contributed by atoms with Crippen molar-refractivity contribution < 1.29 is 40.8 Å². The zero-order valence-corrected chi connectivity index (χ0v) is 25.1. The SMILES string of the molecule is CCN(CC1CCC(C(=O)O)CC1)c1cc2c(cc1CN(Cc1cc(C(F)(F)F)cc(C(F)(F)F)c1)c1noc(C)n1)CCC2. The number of aliphatic carboxylic acids is 1. The summed E-state index contributed by atoms with van der Waals surface area (Å²) in [5, 5.41) is 13.4. The van der Waals surface area contributed by atoms with Crippen molar-refractivity contribution in [2.24, 2.45) is 11.8 Å². The van der Waals surface area contributed by atoms with Crippen LogP contribution in [0.15, 0.2) is 34.9 Å². The highest BCUT2D eigenvalue weighted by Crippen LogP contribution is 2.38. The molecule has 0 spiro atoms. The first-order valence-corrected chi connectivity index (χ1v) is 15.2. The first-order chi connectivity index (χ1) is 21.2. The molecule has 2 aliphatic carbocycles. The zero-order chi connectivity index (χ0) is 32.5. The van der Waals surface area contributed by atoms with Crippen molar-refractivity contribution in [2.75, 3.05) is 22.9 Å². The minimum absolute atomic E-state index is 0.0555. The number of hydrogen-bond acceptors (Lipinski definition) is 6. The normalized spacial score (nSPS) is 18.6. The van der Waals surface area contributed by atoms with E-state index in [1.807, 2.05) is 6.92 Å². The second-order valence-corrected chi connectivity index (χ2v) is 12.1. The lowest BCUT2D eigenvalue weighted by atomic mass is 9.81. The Kier molecular flexibility index (Phi) is 9.36. The number of carboxylic acids is 1. The molecule has 2 aliphatic rings. The first kappa shape index (κ1) is 32.6. The van der Waals surface area contributed by atoms with Crippen molar-refractivity contribution >= 4 is 17.6 Å². The summed E-state index contributed by atoms with van der Waals surface area (Å²) in [7, 11) is 0. The molecule has 13 heteroatoms. The molecule has 244 valence electrons. The van der Waals surface area contributed by atoms with E-state index in [0.717, 1.165) is 61.1 Å². The van der Waals surface area contributed by atoms with Gasteiger partial charge in [-0.2, -0.15) is 31.3 Å². The van der Waals surface area contributed by atoms with Crippen LogP contribution in [0.5, 0.6) is 0 Å². The number of anilines is 2. The molecule has 0 bridgehead atoms. The molecule has 0 unspecified atom stereocenters. The second-order valence-electron chi connectivity index (χ2n) is 12.1. The van der Waals surface area contributed by atoms with Crippen molar-refractivity contribution in [3.8, 4) is 0 Å². The number of hydrogen-bond donors (Lipinski definition) is 1. The van der Waals surface area contributed by atoms with Gasteiger partial charge in [-0.1, -0.05) is 6.07 Å². The van der Waals surface area contributed by atoms with Gasteiger partial charge in [0.05, 0.1) is 17.0 Å². The molecule has 1 aromatic heterocycles. The molecule has 0 amide bonds. The van der Waals surface area contributed by atoms with Crippen LogP contribution in [0, 0.1) is 18.8 Å². The number of halogens is 6. The number of alkyl halides is 6. The molecule has 1 saturated carbocycles. The van der Waals surface area contributed by atoms with Gasteiger partial charge < -0.3 is 19.4 Å². The van der Waals surface area contributed by atoms with E-state index in [4.69, 9.17) is 4.52 Å². The topological polar surface area (TPSA) is 82.7 Å². The largest absolute Gasteiger partial charge is 0.481 e. The summed E-state index contributed by atoms with van der Waals surface area (Å²) < 4.78 is 87.1. The standard InChI is InChI=1S/C32H36F6N4O3/c1-3-41(16-20-7-9-22(10-8-20)29(43)44)28-14-24-6-4-5-23(24)13-25(28)18-42(30-39-19(2)45-40-30)17-21-11-26(31(33,34)35)15-27(12-21)32(36,37)38/h11-15,20,22H,3-10,16-18H2,1-2H3,(H,43,44). The fourth-order valence-electron chi connectivity index (χ4n) is 6.54. The third-order valence-corrected chi connectivity index (χ3v) is 8.87. The van der Waals surface area contributed by atoms with Gasteiger partial charge in [0.25, 0.3) is 5.95 Å². The number of benzene rings is 2. The lowest BCUT2D eigenvalue weighted by Gasteiger charge is -2.34. The molecule has 1 fully saturated rings. The average molecular weight is 639 g/mol. The summed E-state index contributed by atoms with van der Waals surface area (Å²) in [5.74, 6) is -0.533. The summed E-state index contributed by atoms with van der Waals surface area (Å²) in [6.45, 7) is 4.74. The maximum atomic E-state index is 13.7. The molecule has 1 heterocycles. The van der Waals surface area contributed by atoms with Crippen LogP contribution in [-0.2, 0) is 43.1 Å². The summed E-state index contributed by atoms with van der Waals surface area (Å²) in [4.78, 5) is 19.5. The smallest absolute Gasteiger partial charge is 0.416 e. The lowest BCUT2D eigenvalue weighted by Crippen LogP contribution is -2.34. The fourth-order valence-corrected chi connectivity index (χ4v) is 6.54. The van der Waals surface area contributed by atoms with Crippen LogP contribution in [0.1, 0.15) is 78.3 Å². The van der Waals surface area contributed by atoms with Crippen LogP contribution < -0.4 is 9.80 Å². The van der Waals surface area contributed by atoms with Crippen LogP contribution >= 0.6 is 0 Å². The Bertz CT molecular complexity index is 1480. The van der Waals surface area contributed by atoms with Gasteiger partial charge in [-0.15, -0.1) is 0 Å². The molecule has 2 aromatic carbocycles. The highest BCUT2D eigenvalue weighted by molar-refractivity contribution is 5.70. The van der Waals surface area contributed by atoms with Gasteiger partial charge in [0.15, 0.2) is 0 Å². The molecule has 45 heavy (non-hydrogen) atoms. The molecule has 1 N–H and O–H groups in total. The quantitative estimate of drug-likeness (QED) is 0.227. The lowest BCUT2D eigenvalue weighted by molar-refractivity contribution is -0.144. The molecule has 5 rings (SSSR count). The molecule has 0 radical (unpaired) electrons. The third-order valence-electron chi connectivity index (χ3n) is 8.87. The summed E-state index contributed by atoms with van der Waals surface area (Å²) in [5.41, 5.74) is 1.20. The highest BCUT2D eigenvalue weighted by atomic mass is 19.4. The van der Waals surface area contributed by atoms with Crippen molar-refractivity contribution in [3.63, 3.8) is 0 Å². The molecular weight excluding hydrogens is 602 g/mol. The maximum absolute atomic E-state index is 13.7. The Hall–Kier alpha value is -3.77. The van der Waals surface area contributed by atoms with Crippen LogP contribution in [0.2, 0.25) is 0 Å². The highest BCUT2D eigenvalue weighted by Gasteiger charge is 2.37. The van der Waals surface area contributed by atoms with Crippen LogP contribution in [0.4, 0.5) is 38.0 Å². The summed E-state index contributed by atoms with van der Waals surface area (Å²) in [6, 6.07) is 5.80. The number of carbonyl (C=O) groups is 1. The van der Waals surface area contributed by atoms with Gasteiger partial charge >= 0.3 is 18.3 Å². The second kappa shape index (κ2) is 12.9. The van der Waals surface area contributed by atoms with E-state index in [2.05, 4.69) is 27.2 Å². The van der Waals surface area contributed by atoms with Gasteiger partial charge in [0.2, 0.25) is 5.89 Å². The Balaban J connectivity index is 1.50. The van der Waals surface area contributed by atoms with Gasteiger partial charge in [0.1, 0.15) is 0 Å². The number of nitrogens with zero attached hydrogens (tertiary/aromatic N) is 4. The van der Waals surface area contributed by atoms with Crippen molar-refractivity contribution in [3.05, 3.63) is 69.6 Å². The minimum Gasteiger partial charge on any atom is -0.481 e. The van der Waals surface area contributed by atoms with Gasteiger partial charge in [-0.3, -0.25) is 4.79 Å². The van der Waals surface area contributed by atoms with E-state index < -0.39 is 29.4 Å². The van der Waals surface area contributed by atoms with Crippen LogP contribution in [0.25, 0.3) is 0 Å². The Morgan fingerprint density at radius 2 is 1.53 bits per heavy atom. The number of fused-ring (bicyclic) bond motifs is 1. The monoisotopic (exact) mass is 638 g/mol. The average Bonchev–Trinajstić information content (AvgIpc) is 3.63. The van der Waals surface area contributed by atoms with Crippen molar-refractivity contribution in [1.82, 2.24) is 10.1 Å². The molecule has 3 aromatic rings. The van der Waals surface area contributed by atoms with Crippen molar-refractivity contribution in [1.29, 1.82) is 0 Å². The zero-order valence-electron chi connectivity index (χ0n) is 25.1. The minimum atomic E-state index is -4.97. The Labute approximate surface area is 257 Å². The van der Waals surface area contributed by atoms with E-state index in [-0.39, 0.29) is 42.5 Å². The van der Waals surface area contributed by atoms with E-state index in [0.29, 0.717) is 31.8 Å². The predicted molar refractivity (Wildman–Crippen MR) is 155 cm³/mol.